The highest BCUT2D eigenvalue weighted by Crippen LogP contribution is 2.44. The van der Waals surface area contributed by atoms with Gasteiger partial charge in [0.25, 0.3) is 0 Å². The fourth-order valence-electron chi connectivity index (χ4n) is 1.58. The van der Waals surface area contributed by atoms with E-state index in [0.29, 0.717) is 5.15 Å². The lowest BCUT2D eigenvalue weighted by atomic mass is 10.1. The largest absolute Gasteiger partial charge is 0.396 e. The molecule has 0 spiro atoms. The molecule has 0 saturated heterocycles. The summed E-state index contributed by atoms with van der Waals surface area (Å²) in [5.74, 6) is 0.765. The zero-order chi connectivity index (χ0) is 11.8. The van der Waals surface area contributed by atoms with Crippen molar-refractivity contribution in [3.05, 3.63) is 16.3 Å². The Labute approximate surface area is 100 Å². The second-order valence-corrected chi connectivity index (χ2v) is 4.96. The number of hydrogen-bond donors (Lipinski definition) is 2. The maximum Gasteiger partial charge on any atom is 0.155 e. The highest BCUT2D eigenvalue weighted by Gasteiger charge is 2.41. The summed E-state index contributed by atoms with van der Waals surface area (Å²) in [5, 5.41) is 20.8. The number of rotatable bonds is 4. The highest BCUT2D eigenvalue weighted by atomic mass is 35.5. The summed E-state index contributed by atoms with van der Waals surface area (Å²) in [7, 11) is 0. The molecule has 0 atom stereocenters. The van der Waals surface area contributed by atoms with Crippen LogP contribution in [0.4, 0.5) is 5.82 Å². The van der Waals surface area contributed by atoms with Crippen LogP contribution in [-0.4, -0.2) is 28.5 Å². The number of aliphatic hydroxyl groups is 1. The normalized spacial score (nSPS) is 17.2. The van der Waals surface area contributed by atoms with Gasteiger partial charge in [-0.05, 0) is 37.8 Å². The maximum absolute atomic E-state index is 9.21. The van der Waals surface area contributed by atoms with Crippen LogP contribution in [0.1, 0.15) is 24.0 Å². The number of halogens is 1. The Hall–Kier alpha value is -0.870. The molecule has 0 amide bonds. The molecular formula is C11H16ClN3O. The second-order valence-electron chi connectivity index (χ2n) is 4.60. The SMILES string of the molecule is Cc1c(Cl)nnc(NCC2(CO)CC2)c1C. The number of hydrogen-bond acceptors (Lipinski definition) is 4. The van der Waals surface area contributed by atoms with Crippen molar-refractivity contribution < 1.29 is 5.11 Å². The molecule has 2 rings (SSSR count). The van der Waals surface area contributed by atoms with Crippen molar-refractivity contribution >= 4 is 17.4 Å². The van der Waals surface area contributed by atoms with Gasteiger partial charge in [-0.1, -0.05) is 11.6 Å². The van der Waals surface area contributed by atoms with Crippen LogP contribution in [0.3, 0.4) is 0 Å². The van der Waals surface area contributed by atoms with Gasteiger partial charge in [-0.2, -0.15) is 0 Å². The van der Waals surface area contributed by atoms with Crippen molar-refractivity contribution in [3.8, 4) is 0 Å². The number of anilines is 1. The quantitative estimate of drug-likeness (QED) is 0.846. The Balaban J connectivity index is 2.07. The van der Waals surface area contributed by atoms with Gasteiger partial charge in [0.2, 0.25) is 0 Å². The molecule has 1 aromatic rings. The van der Waals surface area contributed by atoms with Crippen LogP contribution in [0, 0.1) is 19.3 Å². The zero-order valence-electron chi connectivity index (χ0n) is 9.55. The number of aliphatic hydroxyl groups excluding tert-OH is 1. The molecule has 2 N–H and O–H groups in total. The Morgan fingerprint density at radius 2 is 2.00 bits per heavy atom. The predicted molar refractivity (Wildman–Crippen MR) is 63.8 cm³/mol. The van der Waals surface area contributed by atoms with Gasteiger partial charge >= 0.3 is 0 Å². The molecule has 1 aliphatic rings. The van der Waals surface area contributed by atoms with E-state index in [2.05, 4.69) is 15.5 Å². The second kappa shape index (κ2) is 4.18. The van der Waals surface area contributed by atoms with Crippen molar-refractivity contribution in [2.45, 2.75) is 26.7 Å². The van der Waals surface area contributed by atoms with Crippen molar-refractivity contribution in [1.29, 1.82) is 0 Å². The van der Waals surface area contributed by atoms with Crippen molar-refractivity contribution in [2.75, 3.05) is 18.5 Å². The van der Waals surface area contributed by atoms with E-state index in [0.717, 1.165) is 36.3 Å². The molecule has 5 heteroatoms. The summed E-state index contributed by atoms with van der Waals surface area (Å²) >= 11 is 5.87. The molecule has 1 fully saturated rings. The van der Waals surface area contributed by atoms with Crippen molar-refractivity contribution in [3.63, 3.8) is 0 Å². The maximum atomic E-state index is 9.21. The molecule has 4 nitrogen and oxygen atoms in total. The Bertz CT molecular complexity index is 404. The molecule has 0 radical (unpaired) electrons. The van der Waals surface area contributed by atoms with E-state index in [4.69, 9.17) is 11.6 Å². The molecule has 88 valence electrons. The van der Waals surface area contributed by atoms with Gasteiger partial charge in [0.05, 0.1) is 6.61 Å². The summed E-state index contributed by atoms with van der Waals surface area (Å²) in [6.07, 6.45) is 2.16. The molecule has 0 aromatic carbocycles. The fraction of sp³-hybridized carbons (Fsp3) is 0.636. The van der Waals surface area contributed by atoms with Gasteiger partial charge < -0.3 is 10.4 Å². The fourth-order valence-corrected chi connectivity index (χ4v) is 1.76. The van der Waals surface area contributed by atoms with E-state index in [9.17, 15) is 5.11 Å². The first-order chi connectivity index (χ1) is 7.58. The first-order valence-corrected chi connectivity index (χ1v) is 5.80. The smallest absolute Gasteiger partial charge is 0.155 e. The summed E-state index contributed by atoms with van der Waals surface area (Å²) in [6.45, 7) is 4.88. The average Bonchev–Trinajstić information content (AvgIpc) is 3.06. The van der Waals surface area contributed by atoms with Gasteiger partial charge in [0, 0.05) is 12.0 Å². The molecule has 16 heavy (non-hydrogen) atoms. The summed E-state index contributed by atoms with van der Waals surface area (Å²) in [4.78, 5) is 0. The van der Waals surface area contributed by atoms with E-state index in [1.54, 1.807) is 0 Å². The first kappa shape index (κ1) is 11.6. The molecule has 1 heterocycles. The van der Waals surface area contributed by atoms with Crippen LogP contribution in [0.5, 0.6) is 0 Å². The zero-order valence-corrected chi connectivity index (χ0v) is 10.3. The van der Waals surface area contributed by atoms with E-state index in [1.807, 2.05) is 13.8 Å². The van der Waals surface area contributed by atoms with E-state index >= 15 is 0 Å². The molecule has 1 saturated carbocycles. The highest BCUT2D eigenvalue weighted by molar-refractivity contribution is 6.30. The molecule has 0 unspecified atom stereocenters. The van der Waals surface area contributed by atoms with Gasteiger partial charge in [-0.3, -0.25) is 0 Å². The van der Waals surface area contributed by atoms with Crippen LogP contribution in [0.15, 0.2) is 0 Å². The van der Waals surface area contributed by atoms with E-state index in [-0.39, 0.29) is 12.0 Å². The molecule has 1 aromatic heterocycles. The Morgan fingerprint density at radius 1 is 1.31 bits per heavy atom. The van der Waals surface area contributed by atoms with E-state index in [1.165, 1.54) is 0 Å². The minimum Gasteiger partial charge on any atom is -0.396 e. The lowest BCUT2D eigenvalue weighted by Gasteiger charge is -2.15. The molecule has 1 aliphatic carbocycles. The molecule has 0 aliphatic heterocycles. The number of nitrogens with one attached hydrogen (secondary N) is 1. The molecular weight excluding hydrogens is 226 g/mol. The lowest BCUT2D eigenvalue weighted by molar-refractivity contribution is 0.219. The van der Waals surface area contributed by atoms with Crippen LogP contribution in [0.25, 0.3) is 0 Å². The summed E-state index contributed by atoms with van der Waals surface area (Å²) in [5.41, 5.74) is 2.04. The van der Waals surface area contributed by atoms with Gasteiger partial charge in [0.1, 0.15) is 0 Å². The van der Waals surface area contributed by atoms with Crippen molar-refractivity contribution in [1.82, 2.24) is 10.2 Å². The van der Waals surface area contributed by atoms with Crippen LogP contribution in [-0.2, 0) is 0 Å². The summed E-state index contributed by atoms with van der Waals surface area (Å²) in [6, 6.07) is 0. The minimum atomic E-state index is 0.0711. The minimum absolute atomic E-state index is 0.0711. The first-order valence-electron chi connectivity index (χ1n) is 5.42. The van der Waals surface area contributed by atoms with E-state index < -0.39 is 0 Å². The average molecular weight is 242 g/mol. The number of nitrogens with zero attached hydrogens (tertiary/aromatic N) is 2. The number of aromatic nitrogens is 2. The van der Waals surface area contributed by atoms with Gasteiger partial charge in [0.15, 0.2) is 11.0 Å². The van der Waals surface area contributed by atoms with Crippen LogP contribution in [0.2, 0.25) is 5.15 Å². The third-order valence-electron chi connectivity index (χ3n) is 3.39. The van der Waals surface area contributed by atoms with Crippen molar-refractivity contribution in [2.24, 2.45) is 5.41 Å². The predicted octanol–water partition coefficient (Wildman–Crippen LogP) is 1.93. The third-order valence-corrected chi connectivity index (χ3v) is 3.75. The van der Waals surface area contributed by atoms with Crippen LogP contribution >= 0.6 is 11.6 Å². The third kappa shape index (κ3) is 2.13. The Morgan fingerprint density at radius 3 is 2.56 bits per heavy atom. The van der Waals surface area contributed by atoms with Gasteiger partial charge in [-0.25, -0.2) is 0 Å². The summed E-state index contributed by atoms with van der Waals surface area (Å²) < 4.78 is 0. The topological polar surface area (TPSA) is 58.0 Å². The molecule has 0 bridgehead atoms. The lowest BCUT2D eigenvalue weighted by Crippen LogP contribution is -2.20. The monoisotopic (exact) mass is 241 g/mol. The Kier molecular flexibility index (Phi) is 3.04. The van der Waals surface area contributed by atoms with Gasteiger partial charge in [-0.15, -0.1) is 10.2 Å². The van der Waals surface area contributed by atoms with Crippen LogP contribution < -0.4 is 5.32 Å². The standard InChI is InChI=1S/C11H16ClN3O/c1-7-8(2)10(15-14-9(7)12)13-5-11(6-16)3-4-11/h16H,3-6H2,1-2H3,(H,13,15).